The van der Waals surface area contributed by atoms with Gasteiger partial charge in [-0.15, -0.1) is 0 Å². The lowest BCUT2D eigenvalue weighted by molar-refractivity contribution is -0.131. The number of rotatable bonds is 9. The molecule has 4 aromatic carbocycles. The van der Waals surface area contributed by atoms with E-state index in [1.54, 1.807) is 29.2 Å². The molecule has 6 rings (SSSR count). The van der Waals surface area contributed by atoms with Crippen LogP contribution < -0.4 is 15.8 Å². The number of hydrogen-bond acceptors (Lipinski definition) is 6. The molecule has 226 valence electrons. The van der Waals surface area contributed by atoms with Crippen molar-refractivity contribution in [2.45, 2.75) is 24.2 Å². The number of benzene rings is 4. The Hall–Kier alpha value is -4.74. The molecule has 1 saturated heterocycles. The highest BCUT2D eigenvalue weighted by molar-refractivity contribution is 7.92. The second-order valence-corrected chi connectivity index (χ2v) is 12.7. The van der Waals surface area contributed by atoms with Crippen LogP contribution in [0.1, 0.15) is 22.5 Å². The molecule has 0 atom stereocenters. The quantitative estimate of drug-likeness (QED) is 0.149. The van der Waals surface area contributed by atoms with Gasteiger partial charge in [0.25, 0.3) is 10.0 Å². The Kier molecular flexibility index (Phi) is 8.07. The van der Waals surface area contributed by atoms with E-state index < -0.39 is 10.0 Å². The van der Waals surface area contributed by atoms with Crippen LogP contribution in [0, 0.1) is 5.41 Å². The van der Waals surface area contributed by atoms with Crippen molar-refractivity contribution in [1.29, 1.82) is 5.41 Å². The Labute approximate surface area is 256 Å². The van der Waals surface area contributed by atoms with Crippen LogP contribution in [0.5, 0.6) is 0 Å². The first kappa shape index (κ1) is 29.3. The fourth-order valence-corrected chi connectivity index (χ4v) is 7.08. The second kappa shape index (κ2) is 12.1. The van der Waals surface area contributed by atoms with Gasteiger partial charge in [0.1, 0.15) is 11.7 Å². The Bertz CT molecular complexity index is 1980. The molecule has 1 aliphatic heterocycles. The van der Waals surface area contributed by atoms with Crippen molar-refractivity contribution in [3.05, 3.63) is 101 Å². The Morgan fingerprint density at radius 2 is 1.75 bits per heavy atom. The number of nitrogens with two attached hydrogens (primary N) is 1. The fraction of sp³-hybridized carbons (Fsp3) is 0.242. The number of hydrogen-bond donors (Lipinski definition) is 4. The number of aromatic nitrogens is 2. The maximum atomic E-state index is 13.9. The summed E-state index contributed by atoms with van der Waals surface area (Å²) in [5, 5.41) is 12.4. The van der Waals surface area contributed by atoms with E-state index in [1.165, 1.54) is 0 Å². The molecule has 0 radical (unpaired) electrons. The lowest BCUT2D eigenvalue weighted by Gasteiger charge is -2.28. The number of nitrogens with zero attached hydrogens (tertiary/aromatic N) is 3. The third-order valence-corrected chi connectivity index (χ3v) is 9.68. The van der Waals surface area contributed by atoms with Crippen LogP contribution >= 0.6 is 0 Å². The van der Waals surface area contributed by atoms with Crippen LogP contribution in [0.15, 0.2) is 83.8 Å². The predicted molar refractivity (Wildman–Crippen MR) is 173 cm³/mol. The predicted octanol–water partition coefficient (Wildman–Crippen LogP) is 3.57. The molecule has 1 aromatic heterocycles. The summed E-state index contributed by atoms with van der Waals surface area (Å²) in [6, 6.07) is 23.9. The summed E-state index contributed by atoms with van der Waals surface area (Å²) in [4.78, 5) is 20.0. The zero-order chi connectivity index (χ0) is 30.8. The van der Waals surface area contributed by atoms with Gasteiger partial charge in [-0.3, -0.25) is 14.9 Å². The number of amidine groups is 1. The minimum Gasteiger partial charge on any atom is -0.384 e. The van der Waals surface area contributed by atoms with Crippen LogP contribution in [0.2, 0.25) is 0 Å². The number of piperazine rings is 1. The van der Waals surface area contributed by atoms with Gasteiger partial charge in [0, 0.05) is 45.2 Å². The van der Waals surface area contributed by atoms with Gasteiger partial charge in [0.15, 0.2) is 0 Å². The Morgan fingerprint density at radius 1 is 1.00 bits per heavy atom. The summed E-state index contributed by atoms with van der Waals surface area (Å²) < 4.78 is 32.5. The number of carbonyl (C=O) groups excluding carboxylic acids is 1. The molecule has 1 aliphatic rings. The standard InChI is InChI=1S/C33H35N7O3S/c1-39-29-13-12-25(20-28(29)37-31(39)15-8-22-6-9-24(10-7-22)33(34)35)38-44(42,43)30-14-11-23-4-2-3-5-26(23)27(30)21-32(41)40-18-16-36-17-19-40/h2-7,9-14,20,36,38H,8,15-19,21H2,1H3,(H3,34,35). The van der Waals surface area contributed by atoms with Crippen LogP contribution in [0.4, 0.5) is 5.69 Å². The van der Waals surface area contributed by atoms with Gasteiger partial charge in [-0.2, -0.15) is 0 Å². The van der Waals surface area contributed by atoms with Crippen molar-refractivity contribution < 1.29 is 13.2 Å². The van der Waals surface area contributed by atoms with E-state index in [0.717, 1.165) is 47.2 Å². The zero-order valence-corrected chi connectivity index (χ0v) is 25.3. The molecule has 0 bridgehead atoms. The molecule has 0 spiro atoms. The summed E-state index contributed by atoms with van der Waals surface area (Å²) in [6.45, 7) is 2.64. The number of imidazole rings is 1. The molecule has 11 heteroatoms. The van der Waals surface area contributed by atoms with Crippen molar-refractivity contribution in [3.8, 4) is 0 Å². The first-order valence-electron chi connectivity index (χ1n) is 14.6. The molecule has 5 aromatic rings. The molecule has 44 heavy (non-hydrogen) atoms. The van der Waals surface area contributed by atoms with Crippen molar-refractivity contribution in [3.63, 3.8) is 0 Å². The van der Waals surface area contributed by atoms with E-state index in [9.17, 15) is 13.2 Å². The number of fused-ring (bicyclic) bond motifs is 2. The highest BCUT2D eigenvalue weighted by atomic mass is 32.2. The highest BCUT2D eigenvalue weighted by Crippen LogP contribution is 2.29. The molecule has 0 aliphatic carbocycles. The normalized spacial score (nSPS) is 13.8. The van der Waals surface area contributed by atoms with Gasteiger partial charge in [0.2, 0.25) is 5.91 Å². The van der Waals surface area contributed by atoms with Gasteiger partial charge in [-0.25, -0.2) is 13.4 Å². The van der Waals surface area contributed by atoms with Crippen molar-refractivity contribution >= 4 is 49.3 Å². The van der Waals surface area contributed by atoms with Gasteiger partial charge in [-0.1, -0.05) is 54.6 Å². The number of carbonyl (C=O) groups is 1. The number of aryl methyl sites for hydroxylation is 3. The number of nitrogens with one attached hydrogen (secondary N) is 3. The lowest BCUT2D eigenvalue weighted by atomic mass is 10.0. The molecule has 1 fully saturated rings. The topological polar surface area (TPSA) is 146 Å². The van der Waals surface area contributed by atoms with Crippen molar-refractivity contribution in [1.82, 2.24) is 19.8 Å². The summed E-state index contributed by atoms with van der Waals surface area (Å²) >= 11 is 0. The van der Waals surface area contributed by atoms with Crippen molar-refractivity contribution in [2.24, 2.45) is 12.8 Å². The average molecular weight is 610 g/mol. The number of sulfonamides is 1. The van der Waals surface area contributed by atoms with E-state index >= 15 is 0 Å². The lowest BCUT2D eigenvalue weighted by Crippen LogP contribution is -2.47. The molecule has 10 nitrogen and oxygen atoms in total. The molecule has 2 heterocycles. The number of amides is 1. The van der Waals surface area contributed by atoms with Gasteiger partial charge < -0.3 is 20.5 Å². The van der Waals surface area contributed by atoms with E-state index in [1.807, 2.05) is 66.2 Å². The summed E-state index contributed by atoms with van der Waals surface area (Å²) in [6.07, 6.45) is 1.44. The monoisotopic (exact) mass is 609 g/mol. The average Bonchev–Trinajstić information content (AvgIpc) is 3.34. The van der Waals surface area contributed by atoms with Crippen LogP contribution in [-0.4, -0.2) is 60.8 Å². The van der Waals surface area contributed by atoms with Crippen LogP contribution in [-0.2, 0) is 41.1 Å². The van der Waals surface area contributed by atoms with E-state index in [0.29, 0.717) is 41.8 Å². The SMILES string of the molecule is Cn1c(CCc2ccc(C(=N)N)cc2)nc2cc(NS(=O)(=O)c3ccc4ccccc4c3CC(=O)N3CCNCC3)ccc21. The van der Waals surface area contributed by atoms with Crippen molar-refractivity contribution in [2.75, 3.05) is 30.9 Å². The first-order chi connectivity index (χ1) is 21.2. The first-order valence-corrected chi connectivity index (χ1v) is 16.1. The fourth-order valence-electron chi connectivity index (χ4n) is 5.78. The van der Waals surface area contributed by atoms with Gasteiger partial charge in [0.05, 0.1) is 28.0 Å². The summed E-state index contributed by atoms with van der Waals surface area (Å²) in [5.41, 5.74) is 9.83. The van der Waals surface area contributed by atoms with Gasteiger partial charge >= 0.3 is 0 Å². The molecule has 0 saturated carbocycles. The number of anilines is 1. The number of nitrogen functional groups attached to an aromatic ring is 1. The Morgan fingerprint density at radius 3 is 2.50 bits per heavy atom. The van der Waals surface area contributed by atoms with Crippen LogP contribution in [0.25, 0.3) is 21.8 Å². The minimum atomic E-state index is -4.03. The second-order valence-electron chi connectivity index (χ2n) is 11.1. The largest absolute Gasteiger partial charge is 0.384 e. The zero-order valence-electron chi connectivity index (χ0n) is 24.5. The van der Waals surface area contributed by atoms with E-state index in [2.05, 4.69) is 10.0 Å². The summed E-state index contributed by atoms with van der Waals surface area (Å²) in [5.74, 6) is 0.828. The molecule has 5 N–H and O–H groups in total. The van der Waals surface area contributed by atoms with E-state index in [-0.39, 0.29) is 23.1 Å². The maximum Gasteiger partial charge on any atom is 0.262 e. The Balaban J connectivity index is 1.26. The molecule has 0 unspecified atom stereocenters. The third-order valence-electron chi connectivity index (χ3n) is 8.21. The molecule has 1 amide bonds. The van der Waals surface area contributed by atoms with Crippen LogP contribution in [0.3, 0.4) is 0 Å². The maximum absolute atomic E-state index is 13.9. The third kappa shape index (κ3) is 6.01. The molecular formula is C33H35N7O3S. The molecular weight excluding hydrogens is 574 g/mol. The van der Waals surface area contributed by atoms with E-state index in [4.69, 9.17) is 16.1 Å². The minimum absolute atomic E-state index is 0.00227. The smallest absolute Gasteiger partial charge is 0.262 e. The highest BCUT2D eigenvalue weighted by Gasteiger charge is 2.25. The summed E-state index contributed by atoms with van der Waals surface area (Å²) in [7, 11) is -2.08. The van der Waals surface area contributed by atoms with Gasteiger partial charge in [-0.05, 0) is 52.6 Å².